The molecule has 104 valence electrons. The minimum atomic E-state index is -1.13. The number of carboxylic acids is 1. The fourth-order valence-corrected chi connectivity index (χ4v) is 1.73. The van der Waals surface area contributed by atoms with Crippen LogP contribution in [-0.4, -0.2) is 38.6 Å². The molecule has 7 nitrogen and oxygen atoms in total. The third-order valence-corrected chi connectivity index (χ3v) is 2.72. The number of hydrogen-bond donors (Lipinski definition) is 1. The lowest BCUT2D eigenvalue weighted by atomic mass is 10.2. The van der Waals surface area contributed by atoms with E-state index in [1.54, 1.807) is 38.1 Å². The third kappa shape index (κ3) is 2.51. The summed E-state index contributed by atoms with van der Waals surface area (Å²) in [7, 11) is 0. The van der Waals surface area contributed by atoms with E-state index in [2.05, 4.69) is 10.3 Å². The molecule has 1 aromatic carbocycles. The van der Waals surface area contributed by atoms with Crippen LogP contribution in [0.5, 0.6) is 0 Å². The maximum atomic E-state index is 11.5. The predicted molar refractivity (Wildman–Crippen MR) is 69.0 cm³/mol. The fourth-order valence-electron chi connectivity index (χ4n) is 1.73. The standard InChI is InChI=1S/C13H13N3O4/c1-3-20-13(19)9-4-6-10(7-5-9)16-8(2)11(12(17)18)14-15-16/h4-7H,3H2,1-2H3,(H,17,18). The van der Waals surface area contributed by atoms with Gasteiger partial charge in [-0.25, -0.2) is 14.3 Å². The van der Waals surface area contributed by atoms with Crippen molar-refractivity contribution >= 4 is 11.9 Å². The molecule has 0 aliphatic rings. The predicted octanol–water partition coefficient (Wildman–Crippen LogP) is 1.45. The van der Waals surface area contributed by atoms with Crippen molar-refractivity contribution in [2.75, 3.05) is 6.61 Å². The number of carbonyl (C=O) groups excluding carboxylic acids is 1. The van der Waals surface area contributed by atoms with Crippen LogP contribution in [-0.2, 0) is 4.74 Å². The summed E-state index contributed by atoms with van der Waals surface area (Å²) in [5.41, 5.74) is 1.36. The Hall–Kier alpha value is -2.70. The van der Waals surface area contributed by atoms with Crippen molar-refractivity contribution in [1.29, 1.82) is 0 Å². The first-order valence-electron chi connectivity index (χ1n) is 5.97. The molecule has 0 spiro atoms. The van der Waals surface area contributed by atoms with Gasteiger partial charge in [0.2, 0.25) is 0 Å². The second-order valence-electron chi connectivity index (χ2n) is 4.01. The Kier molecular flexibility index (Phi) is 3.79. The van der Waals surface area contributed by atoms with Crippen LogP contribution in [0.25, 0.3) is 5.69 Å². The van der Waals surface area contributed by atoms with E-state index in [-0.39, 0.29) is 5.69 Å². The first-order chi connectivity index (χ1) is 9.54. The van der Waals surface area contributed by atoms with Gasteiger partial charge in [0.15, 0.2) is 5.69 Å². The smallest absolute Gasteiger partial charge is 0.358 e. The molecule has 20 heavy (non-hydrogen) atoms. The van der Waals surface area contributed by atoms with Gasteiger partial charge in [0, 0.05) is 0 Å². The van der Waals surface area contributed by atoms with Crippen molar-refractivity contribution in [2.45, 2.75) is 13.8 Å². The lowest BCUT2D eigenvalue weighted by Crippen LogP contribution is -2.06. The summed E-state index contributed by atoms with van der Waals surface area (Å²) < 4.78 is 6.28. The largest absolute Gasteiger partial charge is 0.476 e. The number of aromatic nitrogens is 3. The van der Waals surface area contributed by atoms with E-state index in [9.17, 15) is 9.59 Å². The fraction of sp³-hybridized carbons (Fsp3) is 0.231. The molecule has 0 unspecified atom stereocenters. The first kappa shape index (κ1) is 13.7. The molecule has 0 aliphatic heterocycles. The Morgan fingerprint density at radius 3 is 2.45 bits per heavy atom. The average molecular weight is 275 g/mol. The highest BCUT2D eigenvalue weighted by molar-refractivity contribution is 5.89. The highest BCUT2D eigenvalue weighted by Gasteiger charge is 2.16. The van der Waals surface area contributed by atoms with Crippen molar-refractivity contribution in [3.63, 3.8) is 0 Å². The lowest BCUT2D eigenvalue weighted by molar-refractivity contribution is 0.0526. The van der Waals surface area contributed by atoms with Gasteiger partial charge in [-0.3, -0.25) is 0 Å². The van der Waals surface area contributed by atoms with E-state index < -0.39 is 11.9 Å². The van der Waals surface area contributed by atoms with Gasteiger partial charge in [-0.15, -0.1) is 5.10 Å². The summed E-state index contributed by atoms with van der Waals surface area (Å²) >= 11 is 0. The quantitative estimate of drug-likeness (QED) is 0.849. The van der Waals surface area contributed by atoms with Crippen molar-refractivity contribution in [3.05, 3.63) is 41.2 Å². The lowest BCUT2D eigenvalue weighted by Gasteiger charge is -2.05. The maximum absolute atomic E-state index is 11.5. The van der Waals surface area contributed by atoms with Gasteiger partial charge < -0.3 is 9.84 Å². The topological polar surface area (TPSA) is 94.3 Å². The zero-order valence-electron chi connectivity index (χ0n) is 11.0. The number of ether oxygens (including phenoxy) is 1. The molecule has 0 bridgehead atoms. The van der Waals surface area contributed by atoms with Gasteiger partial charge >= 0.3 is 11.9 Å². The Morgan fingerprint density at radius 2 is 1.95 bits per heavy atom. The molecule has 0 fully saturated rings. The second kappa shape index (κ2) is 5.52. The van der Waals surface area contributed by atoms with Crippen molar-refractivity contribution in [3.8, 4) is 5.69 Å². The minimum Gasteiger partial charge on any atom is -0.476 e. The Morgan fingerprint density at radius 1 is 1.30 bits per heavy atom. The van der Waals surface area contributed by atoms with Crippen LogP contribution in [0.4, 0.5) is 0 Å². The molecule has 1 aromatic heterocycles. The molecule has 1 N–H and O–H groups in total. The Balaban J connectivity index is 2.31. The third-order valence-electron chi connectivity index (χ3n) is 2.72. The number of esters is 1. The number of carboxylic acid groups (broad SMARTS) is 1. The van der Waals surface area contributed by atoms with E-state index in [0.29, 0.717) is 23.6 Å². The number of hydrogen-bond acceptors (Lipinski definition) is 5. The molecule has 7 heteroatoms. The Bertz CT molecular complexity index is 646. The Labute approximate surface area is 114 Å². The first-order valence-corrected chi connectivity index (χ1v) is 5.97. The summed E-state index contributed by atoms with van der Waals surface area (Å²) in [6, 6.07) is 6.49. The molecule has 0 saturated carbocycles. The number of benzene rings is 1. The van der Waals surface area contributed by atoms with E-state index in [1.165, 1.54) is 4.68 Å². The van der Waals surface area contributed by atoms with E-state index in [4.69, 9.17) is 9.84 Å². The monoisotopic (exact) mass is 275 g/mol. The molecule has 2 aromatic rings. The highest BCUT2D eigenvalue weighted by atomic mass is 16.5. The van der Waals surface area contributed by atoms with Gasteiger partial charge in [0.05, 0.1) is 23.6 Å². The number of rotatable bonds is 4. The van der Waals surface area contributed by atoms with Gasteiger partial charge in [0.1, 0.15) is 0 Å². The van der Waals surface area contributed by atoms with Crippen LogP contribution >= 0.6 is 0 Å². The molecule has 0 aliphatic carbocycles. The zero-order chi connectivity index (χ0) is 14.7. The summed E-state index contributed by atoms with van der Waals surface area (Å²) in [6.45, 7) is 3.66. The minimum absolute atomic E-state index is 0.0977. The molecule has 1 heterocycles. The van der Waals surface area contributed by atoms with Crippen LogP contribution in [0.1, 0.15) is 33.5 Å². The van der Waals surface area contributed by atoms with Gasteiger partial charge in [0.25, 0.3) is 0 Å². The molecule has 2 rings (SSSR count). The van der Waals surface area contributed by atoms with E-state index >= 15 is 0 Å². The van der Waals surface area contributed by atoms with Crippen LogP contribution in [0.3, 0.4) is 0 Å². The molecular formula is C13H13N3O4. The van der Waals surface area contributed by atoms with Crippen LogP contribution in [0, 0.1) is 6.92 Å². The van der Waals surface area contributed by atoms with Crippen LogP contribution in [0.15, 0.2) is 24.3 Å². The van der Waals surface area contributed by atoms with Crippen LogP contribution in [0.2, 0.25) is 0 Å². The van der Waals surface area contributed by atoms with Crippen molar-refractivity contribution < 1.29 is 19.4 Å². The summed E-state index contributed by atoms with van der Waals surface area (Å²) in [4.78, 5) is 22.4. The van der Waals surface area contributed by atoms with Crippen molar-refractivity contribution in [2.24, 2.45) is 0 Å². The number of nitrogens with zero attached hydrogens (tertiary/aromatic N) is 3. The van der Waals surface area contributed by atoms with Crippen LogP contribution < -0.4 is 0 Å². The SMILES string of the molecule is CCOC(=O)c1ccc(-n2nnc(C(=O)O)c2C)cc1. The summed E-state index contributed by atoms with van der Waals surface area (Å²) in [5.74, 6) is -1.53. The van der Waals surface area contributed by atoms with Gasteiger partial charge in [-0.05, 0) is 38.1 Å². The highest BCUT2D eigenvalue weighted by Crippen LogP contribution is 2.13. The molecule has 0 saturated heterocycles. The van der Waals surface area contributed by atoms with E-state index in [0.717, 1.165) is 0 Å². The molecule has 0 amide bonds. The molecule has 0 atom stereocenters. The summed E-state index contributed by atoms with van der Waals surface area (Å²) in [5, 5.41) is 16.3. The normalized spacial score (nSPS) is 10.3. The van der Waals surface area contributed by atoms with Crippen molar-refractivity contribution in [1.82, 2.24) is 15.0 Å². The molecule has 0 radical (unpaired) electrons. The van der Waals surface area contributed by atoms with Gasteiger partial charge in [-0.1, -0.05) is 5.21 Å². The summed E-state index contributed by atoms with van der Waals surface area (Å²) in [6.07, 6.45) is 0. The number of carbonyl (C=O) groups is 2. The zero-order valence-corrected chi connectivity index (χ0v) is 11.0. The van der Waals surface area contributed by atoms with E-state index in [1.807, 2.05) is 0 Å². The molecular weight excluding hydrogens is 262 g/mol. The maximum Gasteiger partial charge on any atom is 0.358 e. The second-order valence-corrected chi connectivity index (χ2v) is 4.01. The number of aromatic carboxylic acids is 1. The van der Waals surface area contributed by atoms with Gasteiger partial charge in [-0.2, -0.15) is 0 Å². The average Bonchev–Trinajstić information content (AvgIpc) is 2.81.